The molecule has 0 saturated carbocycles. The van der Waals surface area contributed by atoms with Gasteiger partial charge in [-0.25, -0.2) is 0 Å². The van der Waals surface area contributed by atoms with E-state index < -0.39 is 0 Å². The van der Waals surface area contributed by atoms with Crippen LogP contribution in [0.2, 0.25) is 0 Å². The Balaban J connectivity index is 3.17. The van der Waals surface area contributed by atoms with Crippen molar-refractivity contribution < 1.29 is 14.3 Å². The largest absolute Gasteiger partial charge is 0.463 e. The van der Waals surface area contributed by atoms with Gasteiger partial charge in [-0.1, -0.05) is 32.6 Å². The number of nitrogens with zero attached hydrogens (tertiary/aromatic N) is 1. The second kappa shape index (κ2) is 12.8. The van der Waals surface area contributed by atoms with Gasteiger partial charge in [-0.05, 0) is 20.5 Å². The molecule has 0 aliphatic carbocycles. The highest BCUT2D eigenvalue weighted by Gasteiger charge is 2.02. The molecule has 108 valence electrons. The van der Waals surface area contributed by atoms with E-state index in [-0.39, 0.29) is 5.97 Å². The van der Waals surface area contributed by atoms with Gasteiger partial charge < -0.3 is 14.4 Å². The maximum absolute atomic E-state index is 11.3. The molecule has 0 aromatic heterocycles. The van der Waals surface area contributed by atoms with Gasteiger partial charge in [-0.3, -0.25) is 4.79 Å². The number of hydrogen-bond donors (Lipinski definition) is 0. The van der Waals surface area contributed by atoms with Crippen LogP contribution < -0.4 is 0 Å². The topological polar surface area (TPSA) is 38.8 Å². The number of ether oxygens (including phenoxy) is 2. The molecule has 18 heavy (non-hydrogen) atoms. The van der Waals surface area contributed by atoms with Crippen LogP contribution in [-0.4, -0.2) is 51.3 Å². The summed E-state index contributed by atoms with van der Waals surface area (Å²) in [6.45, 7) is 4.63. The summed E-state index contributed by atoms with van der Waals surface area (Å²) in [4.78, 5) is 13.4. The van der Waals surface area contributed by atoms with Crippen LogP contribution in [-0.2, 0) is 14.3 Å². The summed E-state index contributed by atoms with van der Waals surface area (Å²) >= 11 is 0. The SMILES string of the molecule is CCCCCCCC(=O)OCCOCCN(C)C. The number of rotatable bonds is 12. The molecule has 0 saturated heterocycles. The van der Waals surface area contributed by atoms with E-state index in [1.807, 2.05) is 14.1 Å². The summed E-state index contributed by atoms with van der Waals surface area (Å²) in [6.07, 6.45) is 6.32. The average Bonchev–Trinajstić information content (AvgIpc) is 2.33. The van der Waals surface area contributed by atoms with Gasteiger partial charge in [0, 0.05) is 13.0 Å². The Hall–Kier alpha value is -0.610. The fourth-order valence-corrected chi connectivity index (χ4v) is 1.51. The van der Waals surface area contributed by atoms with Gasteiger partial charge in [0.05, 0.1) is 13.2 Å². The van der Waals surface area contributed by atoms with Gasteiger partial charge >= 0.3 is 5.97 Å². The third-order valence-electron chi connectivity index (χ3n) is 2.66. The summed E-state index contributed by atoms with van der Waals surface area (Å²) in [5, 5.41) is 0. The highest BCUT2D eigenvalue weighted by atomic mass is 16.6. The average molecular weight is 259 g/mol. The van der Waals surface area contributed by atoms with Crippen molar-refractivity contribution in [2.75, 3.05) is 40.5 Å². The third kappa shape index (κ3) is 13.5. The third-order valence-corrected chi connectivity index (χ3v) is 2.66. The highest BCUT2D eigenvalue weighted by Crippen LogP contribution is 2.05. The molecular formula is C14H29NO3. The van der Waals surface area contributed by atoms with Crippen molar-refractivity contribution in [3.63, 3.8) is 0 Å². The van der Waals surface area contributed by atoms with Crippen molar-refractivity contribution in [1.82, 2.24) is 4.90 Å². The predicted octanol–water partition coefficient (Wildman–Crippen LogP) is 2.47. The van der Waals surface area contributed by atoms with Crippen LogP contribution in [0.5, 0.6) is 0 Å². The van der Waals surface area contributed by atoms with E-state index in [0.29, 0.717) is 26.2 Å². The summed E-state index contributed by atoms with van der Waals surface area (Å²) in [6, 6.07) is 0. The molecule has 0 aromatic carbocycles. The van der Waals surface area contributed by atoms with E-state index in [1.54, 1.807) is 0 Å². The fourth-order valence-electron chi connectivity index (χ4n) is 1.51. The van der Waals surface area contributed by atoms with Crippen LogP contribution in [0.15, 0.2) is 0 Å². The van der Waals surface area contributed by atoms with Crippen molar-refractivity contribution in [2.24, 2.45) is 0 Å². The Labute approximate surface area is 112 Å². The standard InChI is InChI=1S/C14H29NO3/c1-4-5-6-7-8-9-14(16)18-13-12-17-11-10-15(2)3/h4-13H2,1-3H3. The maximum Gasteiger partial charge on any atom is 0.305 e. The molecule has 0 fully saturated rings. The van der Waals surface area contributed by atoms with Crippen LogP contribution in [0, 0.1) is 0 Å². The van der Waals surface area contributed by atoms with E-state index in [9.17, 15) is 4.79 Å². The number of esters is 1. The minimum Gasteiger partial charge on any atom is -0.463 e. The van der Waals surface area contributed by atoms with Gasteiger partial charge in [0.15, 0.2) is 0 Å². The molecule has 0 radical (unpaired) electrons. The molecule has 0 unspecified atom stereocenters. The summed E-state index contributed by atoms with van der Waals surface area (Å²) < 4.78 is 10.4. The Kier molecular flexibility index (Phi) is 12.4. The smallest absolute Gasteiger partial charge is 0.305 e. The lowest BCUT2D eigenvalue weighted by Gasteiger charge is -2.10. The van der Waals surface area contributed by atoms with Crippen LogP contribution in [0.1, 0.15) is 45.4 Å². The Bertz CT molecular complexity index is 195. The zero-order chi connectivity index (χ0) is 13.6. The number of carbonyl (C=O) groups excluding carboxylic acids is 1. The molecule has 0 N–H and O–H groups in total. The molecule has 0 aromatic rings. The molecule has 4 heteroatoms. The summed E-state index contributed by atoms with van der Waals surface area (Å²) in [5.41, 5.74) is 0. The van der Waals surface area contributed by atoms with Gasteiger partial charge in [0.25, 0.3) is 0 Å². The molecule has 0 bridgehead atoms. The quantitative estimate of drug-likeness (QED) is 0.399. The Morgan fingerprint density at radius 1 is 1.00 bits per heavy atom. The zero-order valence-electron chi connectivity index (χ0n) is 12.2. The number of unbranched alkanes of at least 4 members (excludes halogenated alkanes) is 4. The first-order valence-corrected chi connectivity index (χ1v) is 7.05. The van der Waals surface area contributed by atoms with Crippen LogP contribution >= 0.6 is 0 Å². The molecular weight excluding hydrogens is 230 g/mol. The van der Waals surface area contributed by atoms with Crippen LogP contribution in [0.25, 0.3) is 0 Å². The first kappa shape index (κ1) is 17.4. The van der Waals surface area contributed by atoms with Gasteiger partial charge in [-0.15, -0.1) is 0 Å². The second-order valence-electron chi connectivity index (χ2n) is 4.80. The van der Waals surface area contributed by atoms with Crippen molar-refractivity contribution in [3.8, 4) is 0 Å². The van der Waals surface area contributed by atoms with E-state index in [1.165, 1.54) is 19.3 Å². The van der Waals surface area contributed by atoms with E-state index in [4.69, 9.17) is 9.47 Å². The second-order valence-corrected chi connectivity index (χ2v) is 4.80. The summed E-state index contributed by atoms with van der Waals surface area (Å²) in [7, 11) is 4.00. The zero-order valence-corrected chi connectivity index (χ0v) is 12.2. The highest BCUT2D eigenvalue weighted by molar-refractivity contribution is 5.69. The van der Waals surface area contributed by atoms with E-state index in [2.05, 4.69) is 11.8 Å². The molecule has 0 aliphatic rings. The molecule has 0 atom stereocenters. The lowest BCUT2D eigenvalue weighted by molar-refractivity contribution is -0.145. The Morgan fingerprint density at radius 3 is 2.39 bits per heavy atom. The van der Waals surface area contributed by atoms with Crippen molar-refractivity contribution in [2.45, 2.75) is 45.4 Å². The lowest BCUT2D eigenvalue weighted by atomic mass is 10.1. The first-order valence-electron chi connectivity index (χ1n) is 7.05. The van der Waals surface area contributed by atoms with Crippen LogP contribution in [0.3, 0.4) is 0 Å². The number of carbonyl (C=O) groups is 1. The molecule has 0 rings (SSSR count). The van der Waals surface area contributed by atoms with Crippen LogP contribution in [0.4, 0.5) is 0 Å². The normalized spacial score (nSPS) is 10.9. The molecule has 0 spiro atoms. The maximum atomic E-state index is 11.3. The monoisotopic (exact) mass is 259 g/mol. The molecule has 0 amide bonds. The molecule has 0 heterocycles. The first-order chi connectivity index (χ1) is 8.66. The fraction of sp³-hybridized carbons (Fsp3) is 0.929. The molecule has 0 aliphatic heterocycles. The minimum atomic E-state index is -0.0947. The van der Waals surface area contributed by atoms with Crippen molar-refractivity contribution in [3.05, 3.63) is 0 Å². The summed E-state index contributed by atoms with van der Waals surface area (Å²) in [5.74, 6) is -0.0947. The van der Waals surface area contributed by atoms with Gasteiger partial charge in [0.2, 0.25) is 0 Å². The van der Waals surface area contributed by atoms with Crippen molar-refractivity contribution in [1.29, 1.82) is 0 Å². The van der Waals surface area contributed by atoms with E-state index in [0.717, 1.165) is 19.4 Å². The predicted molar refractivity (Wildman–Crippen MR) is 73.7 cm³/mol. The van der Waals surface area contributed by atoms with Gasteiger partial charge in [-0.2, -0.15) is 0 Å². The van der Waals surface area contributed by atoms with Crippen molar-refractivity contribution >= 4 is 5.97 Å². The minimum absolute atomic E-state index is 0.0947. The number of hydrogen-bond acceptors (Lipinski definition) is 4. The molecule has 4 nitrogen and oxygen atoms in total. The Morgan fingerprint density at radius 2 is 1.72 bits per heavy atom. The van der Waals surface area contributed by atoms with Gasteiger partial charge in [0.1, 0.15) is 6.61 Å². The lowest BCUT2D eigenvalue weighted by Crippen LogP contribution is -2.19. The van der Waals surface area contributed by atoms with E-state index >= 15 is 0 Å². The number of likely N-dealkylation sites (N-methyl/N-ethyl adjacent to an activating group) is 1.